The summed E-state index contributed by atoms with van der Waals surface area (Å²) in [6.45, 7) is 8.37. The van der Waals surface area contributed by atoms with E-state index in [1.54, 1.807) is 6.07 Å². The van der Waals surface area contributed by atoms with E-state index >= 15 is 0 Å². The first-order valence-electron chi connectivity index (χ1n) is 13.2. The van der Waals surface area contributed by atoms with E-state index in [4.69, 9.17) is 4.74 Å². The van der Waals surface area contributed by atoms with E-state index in [2.05, 4.69) is 10.0 Å². The lowest BCUT2D eigenvalue weighted by atomic mass is 9.78. The van der Waals surface area contributed by atoms with Crippen molar-refractivity contribution in [2.24, 2.45) is 5.41 Å². The standard InChI is InChI=1S/C28H40N4O5S/c1-20(2)22-9-10-26-25(15-22)37-19-28(18-31(4)17-23(33)16-29-38(26,35)36)11-13-32(14-12-28)27(34)30-24-8-6-5-7-21(24)3/h5-10,15,20,23,29,33H,11-14,16-19H2,1-4H3,(H,30,34). The average Bonchev–Trinajstić information content (AvgIpc) is 2.87. The number of amides is 2. The van der Waals surface area contributed by atoms with E-state index in [9.17, 15) is 18.3 Å². The van der Waals surface area contributed by atoms with Gasteiger partial charge in [0, 0.05) is 43.8 Å². The number of hydrogen-bond donors (Lipinski definition) is 3. The highest BCUT2D eigenvalue weighted by molar-refractivity contribution is 7.89. The molecule has 2 aromatic rings. The Morgan fingerprint density at radius 2 is 1.89 bits per heavy atom. The van der Waals surface area contributed by atoms with Crippen molar-refractivity contribution in [3.05, 3.63) is 53.6 Å². The zero-order valence-electron chi connectivity index (χ0n) is 22.7. The van der Waals surface area contributed by atoms with Gasteiger partial charge in [0.15, 0.2) is 0 Å². The number of β-amino-alcohol motifs (C(OH)–C–C–N with tert-alkyl or cyclic N) is 1. The molecule has 208 valence electrons. The number of ether oxygens (including phenoxy) is 1. The molecule has 1 spiro atoms. The van der Waals surface area contributed by atoms with Gasteiger partial charge in [-0.2, -0.15) is 0 Å². The molecule has 3 N–H and O–H groups in total. The van der Waals surface area contributed by atoms with Crippen molar-refractivity contribution in [2.75, 3.05) is 51.7 Å². The van der Waals surface area contributed by atoms with Gasteiger partial charge in [-0.3, -0.25) is 0 Å². The van der Waals surface area contributed by atoms with Crippen molar-refractivity contribution in [1.29, 1.82) is 0 Å². The minimum Gasteiger partial charge on any atom is -0.492 e. The van der Waals surface area contributed by atoms with Crippen LogP contribution in [0.4, 0.5) is 10.5 Å². The molecule has 1 atom stereocenters. The number of urea groups is 1. The molecule has 9 nitrogen and oxygen atoms in total. The van der Waals surface area contributed by atoms with Crippen LogP contribution in [0.5, 0.6) is 5.75 Å². The zero-order chi connectivity index (χ0) is 27.5. The number of anilines is 1. The number of carbonyl (C=O) groups is 1. The molecule has 2 amide bonds. The largest absolute Gasteiger partial charge is 0.492 e. The number of nitrogens with zero attached hydrogens (tertiary/aromatic N) is 2. The summed E-state index contributed by atoms with van der Waals surface area (Å²) >= 11 is 0. The summed E-state index contributed by atoms with van der Waals surface area (Å²) in [4.78, 5) is 16.9. The number of hydrogen-bond acceptors (Lipinski definition) is 6. The first-order chi connectivity index (χ1) is 18.0. The van der Waals surface area contributed by atoms with E-state index in [1.165, 1.54) is 0 Å². The van der Waals surface area contributed by atoms with Crippen molar-refractivity contribution < 1.29 is 23.1 Å². The molecule has 2 aliphatic rings. The molecular weight excluding hydrogens is 504 g/mol. The molecule has 1 saturated heterocycles. The quantitative estimate of drug-likeness (QED) is 0.535. The van der Waals surface area contributed by atoms with E-state index in [0.29, 0.717) is 51.4 Å². The van der Waals surface area contributed by atoms with Gasteiger partial charge in [-0.25, -0.2) is 17.9 Å². The number of benzene rings is 2. The van der Waals surface area contributed by atoms with E-state index in [1.807, 2.05) is 74.0 Å². The second kappa shape index (κ2) is 11.6. The Kier molecular flexibility index (Phi) is 8.66. The molecule has 2 aliphatic heterocycles. The second-order valence-electron chi connectivity index (χ2n) is 11.1. The number of aliphatic hydroxyl groups is 1. The number of aliphatic hydroxyl groups excluding tert-OH is 1. The van der Waals surface area contributed by atoms with Gasteiger partial charge in [0.05, 0.1) is 12.7 Å². The van der Waals surface area contributed by atoms with Crippen molar-refractivity contribution >= 4 is 21.7 Å². The fourth-order valence-electron chi connectivity index (χ4n) is 5.23. The maximum absolute atomic E-state index is 13.1. The number of aryl methyl sites for hydroxylation is 1. The summed E-state index contributed by atoms with van der Waals surface area (Å²) in [5.74, 6) is 0.526. The van der Waals surface area contributed by atoms with Crippen molar-refractivity contribution in [3.8, 4) is 5.75 Å². The third-order valence-corrected chi connectivity index (χ3v) is 9.06. The molecule has 1 unspecified atom stereocenters. The Bertz CT molecular complexity index is 1240. The summed E-state index contributed by atoms with van der Waals surface area (Å²) in [5.41, 5.74) is 2.48. The van der Waals surface area contributed by atoms with Crippen LogP contribution in [0.2, 0.25) is 0 Å². The van der Waals surface area contributed by atoms with Gasteiger partial charge in [0.2, 0.25) is 10.0 Å². The Morgan fingerprint density at radius 3 is 2.58 bits per heavy atom. The number of sulfonamides is 1. The van der Waals surface area contributed by atoms with E-state index in [-0.39, 0.29) is 28.8 Å². The maximum Gasteiger partial charge on any atom is 0.321 e. The van der Waals surface area contributed by atoms with Gasteiger partial charge in [-0.1, -0.05) is 38.1 Å². The van der Waals surface area contributed by atoms with E-state index < -0.39 is 16.1 Å². The highest BCUT2D eigenvalue weighted by Crippen LogP contribution is 2.36. The van der Waals surface area contributed by atoms with Gasteiger partial charge >= 0.3 is 6.03 Å². The normalized spacial score (nSPS) is 22.2. The molecule has 0 aliphatic carbocycles. The molecule has 0 radical (unpaired) electrons. The molecule has 0 saturated carbocycles. The van der Waals surface area contributed by atoms with E-state index in [0.717, 1.165) is 16.8 Å². The number of nitrogens with one attached hydrogen (secondary N) is 2. The van der Waals surface area contributed by atoms with Crippen LogP contribution in [0, 0.1) is 12.3 Å². The molecule has 1 fully saturated rings. The third kappa shape index (κ3) is 6.66. The smallest absolute Gasteiger partial charge is 0.321 e. The molecule has 4 rings (SSSR count). The molecule has 0 bridgehead atoms. The molecule has 10 heteroatoms. The highest BCUT2D eigenvalue weighted by atomic mass is 32.2. The minimum absolute atomic E-state index is 0.0771. The molecular formula is C28H40N4O5S. The number of rotatable bonds is 2. The van der Waals surface area contributed by atoms with Gasteiger partial charge < -0.3 is 25.0 Å². The summed E-state index contributed by atoms with van der Waals surface area (Å²) < 4.78 is 35.1. The van der Waals surface area contributed by atoms with Crippen LogP contribution >= 0.6 is 0 Å². The number of likely N-dealkylation sites (N-methyl/N-ethyl adjacent to an activating group) is 1. The van der Waals surface area contributed by atoms with Gasteiger partial charge in [0.1, 0.15) is 10.6 Å². The van der Waals surface area contributed by atoms with Crippen LogP contribution in [0.3, 0.4) is 0 Å². The first kappa shape index (κ1) is 28.4. The SMILES string of the molecule is Cc1ccccc1NC(=O)N1CCC2(CC1)COc1cc(C(C)C)ccc1S(=O)(=O)NCC(O)CN(C)C2. The molecule has 2 aromatic carbocycles. The number of likely N-dealkylation sites (tertiary alicyclic amines) is 1. The van der Waals surface area contributed by atoms with Crippen LogP contribution in [0.1, 0.15) is 43.7 Å². The van der Waals surface area contributed by atoms with Crippen LogP contribution in [-0.4, -0.2) is 81.8 Å². The third-order valence-electron chi connectivity index (χ3n) is 7.59. The van der Waals surface area contributed by atoms with Crippen molar-refractivity contribution in [1.82, 2.24) is 14.5 Å². The van der Waals surface area contributed by atoms with Crippen LogP contribution in [0.15, 0.2) is 47.4 Å². The molecule has 2 heterocycles. The van der Waals surface area contributed by atoms with Crippen LogP contribution < -0.4 is 14.8 Å². The lowest BCUT2D eigenvalue weighted by molar-refractivity contribution is 0.0255. The maximum atomic E-state index is 13.1. The van der Waals surface area contributed by atoms with Gasteiger partial charge in [-0.05, 0) is 62.1 Å². The second-order valence-corrected chi connectivity index (χ2v) is 12.8. The summed E-state index contributed by atoms with van der Waals surface area (Å²) in [6.07, 6.45) is 0.531. The van der Waals surface area contributed by atoms with Gasteiger partial charge in [0.25, 0.3) is 0 Å². The Hall–Kier alpha value is -2.66. The number of fused-ring (bicyclic) bond motifs is 1. The monoisotopic (exact) mass is 544 g/mol. The summed E-state index contributed by atoms with van der Waals surface area (Å²) in [7, 11) is -1.95. The Balaban J connectivity index is 1.56. The van der Waals surface area contributed by atoms with Gasteiger partial charge in [-0.15, -0.1) is 0 Å². The predicted molar refractivity (Wildman–Crippen MR) is 148 cm³/mol. The topological polar surface area (TPSA) is 111 Å². The summed E-state index contributed by atoms with van der Waals surface area (Å²) in [6, 6.07) is 12.8. The lowest BCUT2D eigenvalue weighted by Gasteiger charge is -2.44. The lowest BCUT2D eigenvalue weighted by Crippen LogP contribution is -2.52. The Morgan fingerprint density at radius 1 is 1.18 bits per heavy atom. The predicted octanol–water partition coefficient (Wildman–Crippen LogP) is 3.40. The number of para-hydroxylation sites is 1. The fraction of sp³-hybridized carbons (Fsp3) is 0.536. The van der Waals surface area contributed by atoms with Crippen LogP contribution in [0.25, 0.3) is 0 Å². The van der Waals surface area contributed by atoms with Crippen molar-refractivity contribution in [3.63, 3.8) is 0 Å². The van der Waals surface area contributed by atoms with Crippen LogP contribution in [-0.2, 0) is 10.0 Å². The molecule has 38 heavy (non-hydrogen) atoms. The Labute approximate surface area is 226 Å². The zero-order valence-corrected chi connectivity index (χ0v) is 23.6. The highest BCUT2D eigenvalue weighted by Gasteiger charge is 2.39. The minimum atomic E-state index is -3.87. The average molecular weight is 545 g/mol. The van der Waals surface area contributed by atoms with Crippen molar-refractivity contribution in [2.45, 2.75) is 50.5 Å². The number of carbonyl (C=O) groups excluding carboxylic acids is 1. The summed E-state index contributed by atoms with van der Waals surface area (Å²) in [5, 5.41) is 13.6. The fourth-order valence-corrected chi connectivity index (χ4v) is 6.43. The number of piperidine rings is 1. The first-order valence-corrected chi connectivity index (χ1v) is 14.7. The molecule has 0 aromatic heterocycles.